The van der Waals surface area contributed by atoms with Crippen LogP contribution in [0.5, 0.6) is 0 Å². The van der Waals surface area contributed by atoms with Gasteiger partial charge in [-0.25, -0.2) is 8.42 Å². The molecular weight excluding hydrogens is 290 g/mol. The van der Waals surface area contributed by atoms with E-state index in [0.29, 0.717) is 4.90 Å². The second kappa shape index (κ2) is 5.97. The number of nitrogens with one attached hydrogen (secondary N) is 1. The average Bonchev–Trinajstić information content (AvgIpc) is 2.84. The van der Waals surface area contributed by atoms with Crippen molar-refractivity contribution in [3.63, 3.8) is 0 Å². The van der Waals surface area contributed by atoms with Crippen LogP contribution in [0.2, 0.25) is 0 Å². The van der Waals surface area contributed by atoms with E-state index in [9.17, 15) is 8.42 Å². The maximum absolute atomic E-state index is 11.6. The highest BCUT2D eigenvalue weighted by molar-refractivity contribution is 7.90. The van der Waals surface area contributed by atoms with Crippen molar-refractivity contribution < 1.29 is 8.42 Å². The number of rotatable bonds is 5. The van der Waals surface area contributed by atoms with Crippen molar-refractivity contribution in [1.82, 2.24) is 0 Å². The minimum atomic E-state index is -3.16. The van der Waals surface area contributed by atoms with Crippen LogP contribution < -0.4 is 5.32 Å². The first-order valence-corrected chi connectivity index (χ1v) is 9.23. The molecule has 0 amide bonds. The summed E-state index contributed by atoms with van der Waals surface area (Å²) in [5, 5.41) is 3.33. The van der Waals surface area contributed by atoms with E-state index in [1.54, 1.807) is 23.5 Å². The molecule has 0 saturated carbocycles. The van der Waals surface area contributed by atoms with Gasteiger partial charge in [-0.1, -0.05) is 13.0 Å². The van der Waals surface area contributed by atoms with Crippen LogP contribution in [-0.2, 0) is 22.8 Å². The third-order valence-corrected chi connectivity index (χ3v) is 5.50. The molecule has 108 valence electrons. The minimum Gasteiger partial charge on any atom is -0.380 e. The number of benzene rings is 1. The molecule has 1 aromatic heterocycles. The Hall–Kier alpha value is -1.33. The lowest BCUT2D eigenvalue weighted by Crippen LogP contribution is -2.03. The Morgan fingerprint density at radius 3 is 2.45 bits per heavy atom. The smallest absolute Gasteiger partial charge is 0.175 e. The van der Waals surface area contributed by atoms with Gasteiger partial charge in [-0.2, -0.15) is 0 Å². The van der Waals surface area contributed by atoms with Crippen LogP contribution in [0.15, 0.2) is 35.2 Å². The number of hydrogen-bond donors (Lipinski definition) is 1. The maximum atomic E-state index is 11.6. The highest BCUT2D eigenvalue weighted by Crippen LogP contribution is 2.23. The summed E-state index contributed by atoms with van der Waals surface area (Å²) >= 11 is 1.79. The Labute approximate surface area is 124 Å². The number of hydrogen-bond acceptors (Lipinski definition) is 4. The maximum Gasteiger partial charge on any atom is 0.175 e. The van der Waals surface area contributed by atoms with E-state index >= 15 is 0 Å². The van der Waals surface area contributed by atoms with Crippen molar-refractivity contribution in [2.45, 2.75) is 31.7 Å². The molecule has 2 rings (SSSR count). The summed E-state index contributed by atoms with van der Waals surface area (Å²) in [7, 11) is -3.16. The van der Waals surface area contributed by atoms with Crippen LogP contribution in [-0.4, -0.2) is 14.7 Å². The quantitative estimate of drug-likeness (QED) is 0.917. The Kier molecular flexibility index (Phi) is 4.50. The van der Waals surface area contributed by atoms with Crippen LogP contribution in [0.25, 0.3) is 0 Å². The lowest BCUT2D eigenvalue weighted by molar-refractivity contribution is 0.602. The number of sulfone groups is 1. The topological polar surface area (TPSA) is 46.2 Å². The molecule has 0 atom stereocenters. The summed E-state index contributed by atoms with van der Waals surface area (Å²) < 4.78 is 23.2. The second-order valence-electron chi connectivity index (χ2n) is 4.82. The standard InChI is InChI=1S/C15H19NO2S2/c1-4-12-6-7-13(19-12)10-16-15-9-14(20(3,17)18)8-5-11(15)2/h5-9,16H,4,10H2,1-3H3. The molecule has 0 aliphatic carbocycles. The Morgan fingerprint density at radius 2 is 1.85 bits per heavy atom. The molecule has 0 aliphatic rings. The summed E-state index contributed by atoms with van der Waals surface area (Å²) in [6, 6.07) is 9.45. The third-order valence-electron chi connectivity index (χ3n) is 3.16. The van der Waals surface area contributed by atoms with Gasteiger partial charge in [-0.15, -0.1) is 11.3 Å². The van der Waals surface area contributed by atoms with Gasteiger partial charge in [0.25, 0.3) is 0 Å². The molecule has 0 unspecified atom stereocenters. The zero-order chi connectivity index (χ0) is 14.8. The fourth-order valence-corrected chi connectivity index (χ4v) is 3.46. The molecule has 0 fully saturated rings. The average molecular weight is 309 g/mol. The van der Waals surface area contributed by atoms with E-state index in [1.165, 1.54) is 16.0 Å². The SMILES string of the molecule is CCc1ccc(CNc2cc(S(C)(=O)=O)ccc2C)s1. The predicted octanol–water partition coefficient (Wildman–Crippen LogP) is 3.63. The number of anilines is 1. The van der Waals surface area contributed by atoms with Crippen LogP contribution in [0.3, 0.4) is 0 Å². The highest BCUT2D eigenvalue weighted by atomic mass is 32.2. The van der Waals surface area contributed by atoms with E-state index in [0.717, 1.165) is 24.2 Å². The first-order chi connectivity index (χ1) is 9.40. The van der Waals surface area contributed by atoms with Crippen molar-refractivity contribution in [2.24, 2.45) is 0 Å². The number of thiophene rings is 1. The molecule has 5 heteroatoms. The van der Waals surface area contributed by atoms with E-state index in [4.69, 9.17) is 0 Å². The van der Waals surface area contributed by atoms with Crippen molar-refractivity contribution in [3.8, 4) is 0 Å². The van der Waals surface area contributed by atoms with Gasteiger partial charge in [-0.05, 0) is 43.2 Å². The van der Waals surface area contributed by atoms with Crippen LogP contribution in [0, 0.1) is 6.92 Å². The lowest BCUT2D eigenvalue weighted by atomic mass is 10.2. The van der Waals surface area contributed by atoms with Gasteiger partial charge in [0, 0.05) is 28.2 Å². The van der Waals surface area contributed by atoms with Crippen LogP contribution >= 0.6 is 11.3 Å². The van der Waals surface area contributed by atoms with E-state index in [1.807, 2.05) is 13.0 Å². The van der Waals surface area contributed by atoms with Gasteiger partial charge in [0.05, 0.1) is 4.90 Å². The summed E-state index contributed by atoms with van der Waals surface area (Å²) in [5.41, 5.74) is 1.92. The summed E-state index contributed by atoms with van der Waals surface area (Å²) in [5.74, 6) is 0. The van der Waals surface area contributed by atoms with Crippen molar-refractivity contribution in [3.05, 3.63) is 45.6 Å². The first-order valence-electron chi connectivity index (χ1n) is 6.52. The molecule has 1 aromatic carbocycles. The van der Waals surface area contributed by atoms with Gasteiger partial charge in [0.15, 0.2) is 9.84 Å². The molecule has 1 N–H and O–H groups in total. The Morgan fingerprint density at radius 1 is 1.15 bits per heavy atom. The van der Waals surface area contributed by atoms with Crippen molar-refractivity contribution in [2.75, 3.05) is 11.6 Å². The van der Waals surface area contributed by atoms with Gasteiger partial charge >= 0.3 is 0 Å². The molecule has 2 aromatic rings. The van der Waals surface area contributed by atoms with Crippen LogP contribution in [0.1, 0.15) is 22.2 Å². The van der Waals surface area contributed by atoms with E-state index in [2.05, 4.69) is 24.4 Å². The molecular formula is C15H19NO2S2. The molecule has 0 spiro atoms. The Balaban J connectivity index is 2.16. The second-order valence-corrected chi connectivity index (χ2v) is 8.09. The predicted molar refractivity (Wildman–Crippen MR) is 85.3 cm³/mol. The van der Waals surface area contributed by atoms with E-state index < -0.39 is 9.84 Å². The van der Waals surface area contributed by atoms with Crippen molar-refractivity contribution >= 4 is 26.9 Å². The molecule has 1 heterocycles. The monoisotopic (exact) mass is 309 g/mol. The molecule has 20 heavy (non-hydrogen) atoms. The van der Waals surface area contributed by atoms with Gasteiger partial charge in [-0.3, -0.25) is 0 Å². The zero-order valence-electron chi connectivity index (χ0n) is 11.9. The summed E-state index contributed by atoms with van der Waals surface area (Å²) in [4.78, 5) is 2.97. The lowest BCUT2D eigenvalue weighted by Gasteiger charge is -2.10. The Bertz CT molecular complexity index is 702. The fourth-order valence-electron chi connectivity index (χ4n) is 1.91. The van der Waals surface area contributed by atoms with Gasteiger partial charge in [0.1, 0.15) is 0 Å². The molecule has 0 saturated heterocycles. The largest absolute Gasteiger partial charge is 0.380 e. The molecule has 0 aliphatic heterocycles. The summed E-state index contributed by atoms with van der Waals surface area (Å²) in [6.45, 7) is 4.84. The van der Waals surface area contributed by atoms with Gasteiger partial charge < -0.3 is 5.32 Å². The third kappa shape index (κ3) is 3.61. The van der Waals surface area contributed by atoms with Gasteiger partial charge in [0.2, 0.25) is 0 Å². The van der Waals surface area contributed by atoms with Crippen molar-refractivity contribution in [1.29, 1.82) is 0 Å². The highest BCUT2D eigenvalue weighted by Gasteiger charge is 2.09. The molecule has 0 radical (unpaired) electrons. The first kappa shape index (κ1) is 15.1. The van der Waals surface area contributed by atoms with Crippen LogP contribution in [0.4, 0.5) is 5.69 Å². The molecule has 0 bridgehead atoms. The minimum absolute atomic E-state index is 0.353. The molecule has 3 nitrogen and oxygen atoms in total. The fraction of sp³-hybridized carbons (Fsp3) is 0.333. The zero-order valence-corrected chi connectivity index (χ0v) is 13.6. The van der Waals surface area contributed by atoms with E-state index in [-0.39, 0.29) is 0 Å². The normalized spacial score (nSPS) is 11.6. The number of aryl methyl sites for hydroxylation is 2. The summed E-state index contributed by atoms with van der Waals surface area (Å²) in [6.07, 6.45) is 2.28.